The lowest BCUT2D eigenvalue weighted by atomic mass is 10.1. The quantitative estimate of drug-likeness (QED) is 0.767. The van der Waals surface area contributed by atoms with Gasteiger partial charge >= 0.3 is 0 Å². The first kappa shape index (κ1) is 17.5. The Morgan fingerprint density at radius 3 is 2.93 bits per heavy atom. The number of imidazole rings is 1. The van der Waals surface area contributed by atoms with E-state index < -0.39 is 11.6 Å². The van der Waals surface area contributed by atoms with Gasteiger partial charge in [0.15, 0.2) is 11.6 Å². The lowest BCUT2D eigenvalue weighted by Crippen LogP contribution is -2.31. The lowest BCUT2D eigenvalue weighted by molar-refractivity contribution is 0.0944. The largest absolute Gasteiger partial charge is 0.371 e. The summed E-state index contributed by atoms with van der Waals surface area (Å²) in [6, 6.07) is 7.83. The number of rotatable bonds is 4. The highest BCUT2D eigenvalue weighted by Gasteiger charge is 2.24. The lowest BCUT2D eigenvalue weighted by Gasteiger charge is -2.19. The second-order valence-corrected chi connectivity index (χ2v) is 7.00. The van der Waals surface area contributed by atoms with E-state index in [1.165, 1.54) is 6.07 Å². The van der Waals surface area contributed by atoms with Gasteiger partial charge in [0.25, 0.3) is 5.91 Å². The molecule has 2 aromatic heterocycles. The maximum atomic E-state index is 13.4. The molecule has 1 aliphatic rings. The number of aromatic nitrogens is 2. The molecular formula is C20H20F2N4O. The molecule has 7 heteroatoms. The van der Waals surface area contributed by atoms with Crippen molar-refractivity contribution in [1.29, 1.82) is 0 Å². The van der Waals surface area contributed by atoms with Crippen molar-refractivity contribution < 1.29 is 13.6 Å². The van der Waals surface area contributed by atoms with Gasteiger partial charge in [0.2, 0.25) is 0 Å². The summed E-state index contributed by atoms with van der Waals surface area (Å²) in [6.07, 6.45) is 4.47. The van der Waals surface area contributed by atoms with Crippen LogP contribution in [0, 0.1) is 24.5 Å². The molecule has 3 heterocycles. The van der Waals surface area contributed by atoms with Crippen molar-refractivity contribution in [2.24, 2.45) is 5.92 Å². The molecule has 4 rings (SSSR count). The van der Waals surface area contributed by atoms with Gasteiger partial charge in [-0.25, -0.2) is 13.8 Å². The topological polar surface area (TPSA) is 49.6 Å². The van der Waals surface area contributed by atoms with Gasteiger partial charge in [-0.1, -0.05) is 0 Å². The molecule has 0 bridgehead atoms. The number of benzene rings is 1. The molecule has 1 fully saturated rings. The molecule has 0 saturated carbocycles. The number of carbonyl (C=O) groups excluding carboxylic acids is 1. The van der Waals surface area contributed by atoms with Crippen LogP contribution in [-0.2, 0) is 0 Å². The van der Waals surface area contributed by atoms with Crippen LogP contribution >= 0.6 is 0 Å². The summed E-state index contributed by atoms with van der Waals surface area (Å²) in [5, 5.41) is 2.93. The summed E-state index contributed by atoms with van der Waals surface area (Å²) in [7, 11) is 0. The summed E-state index contributed by atoms with van der Waals surface area (Å²) in [5.74, 6) is -1.64. The average molecular weight is 370 g/mol. The zero-order chi connectivity index (χ0) is 19.0. The Balaban J connectivity index is 1.35. The number of anilines is 1. The first-order valence-corrected chi connectivity index (χ1v) is 8.93. The molecule has 1 saturated heterocycles. The first-order valence-electron chi connectivity index (χ1n) is 8.93. The fourth-order valence-electron chi connectivity index (χ4n) is 3.44. The van der Waals surface area contributed by atoms with Crippen molar-refractivity contribution >= 4 is 17.2 Å². The van der Waals surface area contributed by atoms with Gasteiger partial charge in [-0.05, 0) is 49.1 Å². The molecule has 1 unspecified atom stereocenters. The highest BCUT2D eigenvalue weighted by molar-refractivity contribution is 5.92. The van der Waals surface area contributed by atoms with Crippen molar-refractivity contribution in [1.82, 2.24) is 14.7 Å². The van der Waals surface area contributed by atoms with E-state index in [1.807, 2.05) is 34.6 Å². The van der Waals surface area contributed by atoms with Crippen molar-refractivity contribution in [2.75, 3.05) is 24.5 Å². The number of nitrogens with zero attached hydrogens (tertiary/aromatic N) is 3. The van der Waals surface area contributed by atoms with Gasteiger partial charge in [0.05, 0.1) is 0 Å². The number of pyridine rings is 1. The Bertz CT molecular complexity index is 1000. The monoisotopic (exact) mass is 370 g/mol. The van der Waals surface area contributed by atoms with Crippen LogP contribution in [-0.4, -0.2) is 34.9 Å². The van der Waals surface area contributed by atoms with E-state index in [1.54, 1.807) is 12.3 Å². The predicted molar refractivity (Wildman–Crippen MR) is 98.9 cm³/mol. The van der Waals surface area contributed by atoms with Crippen LogP contribution < -0.4 is 10.2 Å². The van der Waals surface area contributed by atoms with Gasteiger partial charge in [-0.2, -0.15) is 0 Å². The first-order chi connectivity index (χ1) is 13.0. The molecule has 1 aromatic carbocycles. The average Bonchev–Trinajstić information content (AvgIpc) is 3.28. The van der Waals surface area contributed by atoms with Crippen LogP contribution in [0.5, 0.6) is 0 Å². The zero-order valence-corrected chi connectivity index (χ0v) is 15.0. The van der Waals surface area contributed by atoms with E-state index in [-0.39, 0.29) is 11.8 Å². The van der Waals surface area contributed by atoms with E-state index in [2.05, 4.69) is 10.3 Å². The van der Waals surface area contributed by atoms with Crippen LogP contribution in [0.25, 0.3) is 5.65 Å². The smallest absolute Gasteiger partial charge is 0.271 e. The minimum absolute atomic E-state index is 0.206. The molecule has 3 aromatic rings. The van der Waals surface area contributed by atoms with E-state index in [9.17, 15) is 13.6 Å². The Morgan fingerprint density at radius 2 is 2.11 bits per heavy atom. The summed E-state index contributed by atoms with van der Waals surface area (Å²) in [6.45, 7) is 3.94. The Hall–Kier alpha value is -2.96. The number of hydrogen-bond donors (Lipinski definition) is 1. The Morgan fingerprint density at radius 1 is 1.26 bits per heavy atom. The molecule has 1 N–H and O–H groups in total. The number of fused-ring (bicyclic) bond motifs is 1. The molecule has 140 valence electrons. The van der Waals surface area contributed by atoms with E-state index in [0.717, 1.165) is 30.2 Å². The summed E-state index contributed by atoms with van der Waals surface area (Å²) < 4.78 is 28.3. The third-order valence-electron chi connectivity index (χ3n) is 4.95. The van der Waals surface area contributed by atoms with Crippen molar-refractivity contribution in [3.8, 4) is 0 Å². The number of hydrogen-bond acceptors (Lipinski definition) is 3. The molecule has 27 heavy (non-hydrogen) atoms. The van der Waals surface area contributed by atoms with E-state index >= 15 is 0 Å². The third-order valence-corrected chi connectivity index (χ3v) is 4.95. The molecule has 5 nitrogen and oxygen atoms in total. The summed E-state index contributed by atoms with van der Waals surface area (Å²) in [5.41, 5.74) is 2.88. The number of nitrogens with one attached hydrogen (secondary N) is 1. The molecule has 1 aliphatic heterocycles. The maximum absolute atomic E-state index is 13.4. The van der Waals surface area contributed by atoms with Crippen molar-refractivity contribution in [3.63, 3.8) is 0 Å². The second kappa shape index (κ2) is 6.98. The summed E-state index contributed by atoms with van der Waals surface area (Å²) in [4.78, 5) is 18.8. The predicted octanol–water partition coefficient (Wildman–Crippen LogP) is 3.18. The van der Waals surface area contributed by atoms with Gasteiger partial charge in [0, 0.05) is 43.8 Å². The van der Waals surface area contributed by atoms with Gasteiger partial charge in [0.1, 0.15) is 11.3 Å². The highest BCUT2D eigenvalue weighted by atomic mass is 19.2. The molecule has 0 radical (unpaired) electrons. The molecular weight excluding hydrogens is 350 g/mol. The Kier molecular flexibility index (Phi) is 4.51. The molecule has 1 amide bonds. The standard InChI is InChI=1S/C20H20F2N4O/c1-13-4-6-26-12-18(24-19(26)8-13)20(27)23-10-14-5-7-25(11-14)15-2-3-16(21)17(22)9-15/h2-4,6,8-9,12,14H,5,7,10-11H2,1H3,(H,23,27). The minimum Gasteiger partial charge on any atom is -0.371 e. The number of amides is 1. The molecule has 0 spiro atoms. The van der Waals surface area contributed by atoms with Crippen LogP contribution in [0.4, 0.5) is 14.5 Å². The fraction of sp³-hybridized carbons (Fsp3) is 0.300. The van der Waals surface area contributed by atoms with Crippen LogP contribution in [0.2, 0.25) is 0 Å². The normalized spacial score (nSPS) is 16.9. The second-order valence-electron chi connectivity index (χ2n) is 7.00. The number of carbonyl (C=O) groups is 1. The van der Waals surface area contributed by atoms with Gasteiger partial charge < -0.3 is 14.6 Å². The van der Waals surface area contributed by atoms with Crippen LogP contribution in [0.1, 0.15) is 22.5 Å². The zero-order valence-electron chi connectivity index (χ0n) is 15.0. The van der Waals surface area contributed by atoms with E-state index in [0.29, 0.717) is 24.5 Å². The maximum Gasteiger partial charge on any atom is 0.271 e. The number of aryl methyl sites for hydroxylation is 1. The number of halogens is 2. The van der Waals surface area contributed by atoms with Gasteiger partial charge in [-0.15, -0.1) is 0 Å². The van der Waals surface area contributed by atoms with Crippen LogP contribution in [0.3, 0.4) is 0 Å². The van der Waals surface area contributed by atoms with E-state index in [4.69, 9.17) is 0 Å². The van der Waals surface area contributed by atoms with Crippen molar-refractivity contribution in [2.45, 2.75) is 13.3 Å². The minimum atomic E-state index is -0.843. The van der Waals surface area contributed by atoms with Gasteiger partial charge in [-0.3, -0.25) is 4.79 Å². The highest BCUT2D eigenvalue weighted by Crippen LogP contribution is 2.25. The molecule has 0 aliphatic carbocycles. The Labute approximate surface area is 155 Å². The SMILES string of the molecule is Cc1ccn2cc(C(=O)NCC3CCN(c4ccc(F)c(F)c4)C3)nc2c1. The third kappa shape index (κ3) is 3.63. The molecule has 1 atom stereocenters. The summed E-state index contributed by atoms with van der Waals surface area (Å²) >= 11 is 0. The van der Waals surface area contributed by atoms with Crippen LogP contribution in [0.15, 0.2) is 42.7 Å². The van der Waals surface area contributed by atoms with Crippen molar-refractivity contribution in [3.05, 3.63) is 65.6 Å². The fourth-order valence-corrected chi connectivity index (χ4v) is 3.44.